The van der Waals surface area contributed by atoms with Gasteiger partial charge < -0.3 is 11.1 Å². The molecule has 1 amide bonds. The van der Waals surface area contributed by atoms with Crippen molar-refractivity contribution in [2.24, 2.45) is 0 Å². The van der Waals surface area contributed by atoms with Gasteiger partial charge in [0.2, 0.25) is 5.91 Å². The van der Waals surface area contributed by atoms with Crippen molar-refractivity contribution in [2.75, 3.05) is 16.8 Å². The lowest BCUT2D eigenvalue weighted by Gasteiger charge is -2.09. The Morgan fingerprint density at radius 3 is 2.75 bits per heavy atom. The molecule has 2 aromatic carbocycles. The highest BCUT2D eigenvalue weighted by Gasteiger charge is 2.07. The summed E-state index contributed by atoms with van der Waals surface area (Å²) in [5.41, 5.74) is 8.09. The number of carbonyl (C=O) groups is 1. The van der Waals surface area contributed by atoms with Crippen molar-refractivity contribution in [1.82, 2.24) is 0 Å². The number of nitrogens with one attached hydrogen (secondary N) is 1. The fourth-order valence-electron chi connectivity index (χ4n) is 1.72. The zero-order chi connectivity index (χ0) is 14.5. The molecule has 3 nitrogen and oxygen atoms in total. The Morgan fingerprint density at radius 1 is 1.30 bits per heavy atom. The van der Waals surface area contributed by atoms with Gasteiger partial charge in [-0.15, -0.1) is 11.8 Å². The van der Waals surface area contributed by atoms with Gasteiger partial charge in [-0.1, -0.05) is 23.7 Å². The van der Waals surface area contributed by atoms with Crippen molar-refractivity contribution < 1.29 is 4.79 Å². The smallest absolute Gasteiger partial charge is 0.234 e. The minimum Gasteiger partial charge on any atom is -0.399 e. The first-order valence-electron chi connectivity index (χ1n) is 6.09. The van der Waals surface area contributed by atoms with E-state index in [1.165, 1.54) is 11.8 Å². The number of aryl methyl sites for hydroxylation is 1. The van der Waals surface area contributed by atoms with Gasteiger partial charge in [0.15, 0.2) is 0 Å². The van der Waals surface area contributed by atoms with Crippen LogP contribution in [-0.2, 0) is 4.79 Å². The Kier molecular flexibility index (Phi) is 4.93. The Hall–Kier alpha value is -1.65. The summed E-state index contributed by atoms with van der Waals surface area (Å²) in [6, 6.07) is 12.9. The molecule has 5 heteroatoms. The van der Waals surface area contributed by atoms with Crippen LogP contribution in [0, 0.1) is 6.92 Å². The molecule has 0 aliphatic rings. The van der Waals surface area contributed by atoms with E-state index >= 15 is 0 Å². The molecule has 0 atom stereocenters. The second-order valence-electron chi connectivity index (χ2n) is 4.34. The van der Waals surface area contributed by atoms with E-state index < -0.39 is 0 Å². The predicted molar refractivity (Wildman–Crippen MR) is 86.4 cm³/mol. The van der Waals surface area contributed by atoms with Gasteiger partial charge in [0.1, 0.15) is 0 Å². The number of thioether (sulfide) groups is 1. The van der Waals surface area contributed by atoms with Crippen LogP contribution in [0.2, 0.25) is 5.02 Å². The van der Waals surface area contributed by atoms with Crippen LogP contribution in [-0.4, -0.2) is 11.7 Å². The molecule has 0 aliphatic carbocycles. The van der Waals surface area contributed by atoms with Crippen molar-refractivity contribution in [3.8, 4) is 0 Å². The number of halogens is 1. The molecular formula is C15H15ClN2OS. The van der Waals surface area contributed by atoms with Gasteiger partial charge in [-0.3, -0.25) is 4.79 Å². The third kappa shape index (κ3) is 3.92. The highest BCUT2D eigenvalue weighted by molar-refractivity contribution is 8.00. The van der Waals surface area contributed by atoms with E-state index in [0.29, 0.717) is 16.5 Å². The quantitative estimate of drug-likeness (QED) is 0.664. The Labute approximate surface area is 127 Å². The van der Waals surface area contributed by atoms with Crippen molar-refractivity contribution in [2.45, 2.75) is 11.8 Å². The second-order valence-corrected chi connectivity index (χ2v) is 5.77. The van der Waals surface area contributed by atoms with E-state index in [4.69, 9.17) is 17.3 Å². The number of hydrogen-bond donors (Lipinski definition) is 2. The molecule has 0 aliphatic heterocycles. The molecule has 0 saturated heterocycles. The normalized spacial score (nSPS) is 10.3. The lowest BCUT2D eigenvalue weighted by molar-refractivity contribution is -0.113. The summed E-state index contributed by atoms with van der Waals surface area (Å²) in [5, 5.41) is 3.53. The van der Waals surface area contributed by atoms with E-state index in [1.807, 2.05) is 43.3 Å². The summed E-state index contributed by atoms with van der Waals surface area (Å²) in [7, 11) is 0. The van der Waals surface area contributed by atoms with Crippen molar-refractivity contribution in [3.63, 3.8) is 0 Å². The molecule has 0 spiro atoms. The van der Waals surface area contributed by atoms with Crippen LogP contribution in [0.15, 0.2) is 47.4 Å². The van der Waals surface area contributed by atoms with Crippen LogP contribution in [0.25, 0.3) is 0 Å². The maximum Gasteiger partial charge on any atom is 0.234 e. The minimum atomic E-state index is -0.0669. The molecule has 0 radical (unpaired) electrons. The standard InChI is InChI=1S/C15H15ClN2OS/c1-10-8-11(17)6-7-13(10)18-15(19)9-20-14-5-3-2-4-12(14)16/h2-8H,9,17H2,1H3,(H,18,19). The first-order chi connectivity index (χ1) is 9.56. The maximum absolute atomic E-state index is 11.9. The molecule has 3 N–H and O–H groups in total. The number of benzene rings is 2. The van der Waals surface area contributed by atoms with E-state index in [-0.39, 0.29) is 5.91 Å². The fraction of sp³-hybridized carbons (Fsp3) is 0.133. The number of anilines is 2. The largest absolute Gasteiger partial charge is 0.399 e. The average molecular weight is 307 g/mol. The zero-order valence-electron chi connectivity index (χ0n) is 11.0. The number of carbonyl (C=O) groups excluding carboxylic acids is 1. The first-order valence-corrected chi connectivity index (χ1v) is 7.46. The molecule has 0 aromatic heterocycles. The van der Waals surface area contributed by atoms with Gasteiger partial charge in [0, 0.05) is 16.3 Å². The topological polar surface area (TPSA) is 55.1 Å². The van der Waals surface area contributed by atoms with E-state index in [2.05, 4.69) is 5.32 Å². The molecule has 0 fully saturated rings. The molecule has 0 heterocycles. The third-order valence-electron chi connectivity index (χ3n) is 2.72. The first kappa shape index (κ1) is 14.8. The summed E-state index contributed by atoms with van der Waals surface area (Å²) in [6.07, 6.45) is 0. The Bertz CT molecular complexity index is 631. The number of nitrogen functional groups attached to an aromatic ring is 1. The predicted octanol–water partition coefficient (Wildman–Crippen LogP) is 3.96. The highest BCUT2D eigenvalue weighted by Crippen LogP contribution is 2.26. The lowest BCUT2D eigenvalue weighted by atomic mass is 10.2. The summed E-state index contributed by atoms with van der Waals surface area (Å²) < 4.78 is 0. The minimum absolute atomic E-state index is 0.0669. The second kappa shape index (κ2) is 6.68. The molecular weight excluding hydrogens is 292 g/mol. The Balaban J connectivity index is 1.94. The number of rotatable bonds is 4. The lowest BCUT2D eigenvalue weighted by Crippen LogP contribution is -2.14. The number of amides is 1. The van der Waals surface area contributed by atoms with Crippen molar-refractivity contribution in [3.05, 3.63) is 53.1 Å². The average Bonchev–Trinajstić information content (AvgIpc) is 2.41. The van der Waals surface area contributed by atoms with Crippen LogP contribution in [0.5, 0.6) is 0 Å². The zero-order valence-corrected chi connectivity index (χ0v) is 12.6. The fourth-order valence-corrected chi connectivity index (χ4v) is 2.76. The molecule has 0 unspecified atom stereocenters. The van der Waals surface area contributed by atoms with Crippen molar-refractivity contribution >= 4 is 40.6 Å². The molecule has 20 heavy (non-hydrogen) atoms. The van der Waals surface area contributed by atoms with Gasteiger partial charge in [0.25, 0.3) is 0 Å². The third-order valence-corrected chi connectivity index (χ3v) is 4.24. The molecule has 2 aromatic rings. The summed E-state index contributed by atoms with van der Waals surface area (Å²) in [5.74, 6) is 0.246. The summed E-state index contributed by atoms with van der Waals surface area (Å²) in [4.78, 5) is 12.8. The van der Waals surface area contributed by atoms with Gasteiger partial charge in [-0.05, 0) is 42.8 Å². The van der Waals surface area contributed by atoms with Gasteiger partial charge in [-0.2, -0.15) is 0 Å². The Morgan fingerprint density at radius 2 is 2.05 bits per heavy atom. The summed E-state index contributed by atoms with van der Waals surface area (Å²) in [6.45, 7) is 1.91. The van der Waals surface area contributed by atoms with Gasteiger partial charge in [0.05, 0.1) is 10.8 Å². The van der Waals surface area contributed by atoms with Gasteiger partial charge >= 0.3 is 0 Å². The van der Waals surface area contributed by atoms with Crippen LogP contribution in [0.1, 0.15) is 5.56 Å². The van der Waals surface area contributed by atoms with E-state index in [1.54, 1.807) is 6.07 Å². The maximum atomic E-state index is 11.9. The monoisotopic (exact) mass is 306 g/mol. The molecule has 0 saturated carbocycles. The van der Waals surface area contributed by atoms with Crippen LogP contribution < -0.4 is 11.1 Å². The van der Waals surface area contributed by atoms with Crippen LogP contribution in [0.3, 0.4) is 0 Å². The van der Waals surface area contributed by atoms with Gasteiger partial charge in [-0.25, -0.2) is 0 Å². The molecule has 0 bridgehead atoms. The summed E-state index contributed by atoms with van der Waals surface area (Å²) >= 11 is 7.46. The number of nitrogens with two attached hydrogens (primary N) is 1. The molecule has 104 valence electrons. The highest BCUT2D eigenvalue weighted by atomic mass is 35.5. The van der Waals surface area contributed by atoms with Crippen LogP contribution >= 0.6 is 23.4 Å². The molecule has 2 rings (SSSR count). The van der Waals surface area contributed by atoms with E-state index in [9.17, 15) is 4.79 Å². The van der Waals surface area contributed by atoms with Crippen LogP contribution in [0.4, 0.5) is 11.4 Å². The van der Waals surface area contributed by atoms with E-state index in [0.717, 1.165) is 16.1 Å². The van der Waals surface area contributed by atoms with Crippen molar-refractivity contribution in [1.29, 1.82) is 0 Å². The number of hydrogen-bond acceptors (Lipinski definition) is 3. The SMILES string of the molecule is Cc1cc(N)ccc1NC(=O)CSc1ccccc1Cl.